The number of Topliss-reactive ketones (excluding diaryl/α,β-unsaturated/α-hetero) is 1. The van der Waals surface area contributed by atoms with E-state index >= 15 is 0 Å². The van der Waals surface area contributed by atoms with E-state index in [9.17, 15) is 9.59 Å². The van der Waals surface area contributed by atoms with E-state index in [1.54, 1.807) is 25.1 Å². The summed E-state index contributed by atoms with van der Waals surface area (Å²) in [6, 6.07) is 10.8. The molecule has 1 aromatic heterocycles. The minimum atomic E-state index is -0.576. The van der Waals surface area contributed by atoms with Crippen LogP contribution in [0.25, 0.3) is 11.0 Å². The van der Waals surface area contributed by atoms with E-state index in [2.05, 4.69) is 20.3 Å². The maximum Gasteiger partial charge on any atom is 0.413 e. The largest absolute Gasteiger partial charge is 0.450 e. The molecule has 136 valence electrons. The lowest BCUT2D eigenvalue weighted by atomic mass is 9.92. The van der Waals surface area contributed by atoms with Crippen molar-refractivity contribution in [1.29, 1.82) is 0 Å². The molecule has 1 aliphatic heterocycles. The van der Waals surface area contributed by atoms with Crippen LogP contribution in [0.2, 0.25) is 5.02 Å². The van der Waals surface area contributed by atoms with Crippen molar-refractivity contribution in [3.05, 3.63) is 58.1 Å². The Balaban J connectivity index is 1.73. The number of halogens is 1. The number of aromatic amines is 1. The Hall–Kier alpha value is -3.19. The van der Waals surface area contributed by atoms with Crippen molar-refractivity contribution < 1.29 is 14.3 Å². The maximum atomic E-state index is 12.2. The van der Waals surface area contributed by atoms with Crippen LogP contribution in [0.4, 0.5) is 10.7 Å². The lowest BCUT2D eigenvalue weighted by Gasteiger charge is -2.17. The maximum absolute atomic E-state index is 12.2. The summed E-state index contributed by atoms with van der Waals surface area (Å²) in [5, 5.41) is 3.02. The number of imidazole rings is 1. The molecular formula is C19H15ClN4O3. The number of benzene rings is 2. The summed E-state index contributed by atoms with van der Waals surface area (Å²) in [6.07, 6.45) is -0.576. The summed E-state index contributed by atoms with van der Waals surface area (Å²) in [5.41, 5.74) is 4.06. The van der Waals surface area contributed by atoms with Crippen LogP contribution in [-0.4, -0.2) is 40.7 Å². The number of carbonyl (C=O) groups excluding carboxylic acids is 2. The van der Waals surface area contributed by atoms with Gasteiger partial charge in [-0.1, -0.05) is 29.8 Å². The van der Waals surface area contributed by atoms with Crippen molar-refractivity contribution >= 4 is 46.2 Å². The lowest BCUT2D eigenvalue weighted by Crippen LogP contribution is -2.20. The highest BCUT2D eigenvalue weighted by molar-refractivity contribution is 6.37. The van der Waals surface area contributed by atoms with Crippen LogP contribution in [-0.2, 0) is 4.74 Å². The molecule has 8 heteroatoms. The Morgan fingerprint density at radius 3 is 3.00 bits per heavy atom. The van der Waals surface area contributed by atoms with E-state index < -0.39 is 6.09 Å². The number of ether oxygens (including phenoxy) is 1. The number of rotatable bonds is 3. The molecule has 4 rings (SSSR count). The molecule has 0 atom stereocenters. The normalized spacial score (nSPS) is 13.3. The Morgan fingerprint density at radius 2 is 2.19 bits per heavy atom. The minimum absolute atomic E-state index is 0.0557. The fourth-order valence-corrected chi connectivity index (χ4v) is 3.29. The second-order valence-electron chi connectivity index (χ2n) is 5.91. The molecule has 27 heavy (non-hydrogen) atoms. The van der Waals surface area contributed by atoms with Crippen LogP contribution in [0.5, 0.6) is 0 Å². The van der Waals surface area contributed by atoms with Crippen LogP contribution in [0.1, 0.15) is 28.4 Å². The molecule has 0 radical (unpaired) electrons. The Kier molecular flexibility index (Phi) is 4.37. The summed E-state index contributed by atoms with van der Waals surface area (Å²) in [4.78, 5) is 35.5. The molecule has 3 aromatic rings. The molecular weight excluding hydrogens is 368 g/mol. The number of nitrogens with one attached hydrogen (secondary N) is 2. The number of fused-ring (bicyclic) bond motifs is 2. The molecule has 7 nitrogen and oxygen atoms in total. The van der Waals surface area contributed by atoms with E-state index in [4.69, 9.17) is 16.3 Å². The van der Waals surface area contributed by atoms with Crippen LogP contribution in [0.15, 0.2) is 41.4 Å². The topological polar surface area (TPSA) is 96.4 Å². The fourth-order valence-electron chi connectivity index (χ4n) is 3.03. The van der Waals surface area contributed by atoms with Gasteiger partial charge in [-0.25, -0.2) is 9.78 Å². The van der Waals surface area contributed by atoms with Crippen LogP contribution in [0.3, 0.4) is 0 Å². The molecule has 0 saturated carbocycles. The lowest BCUT2D eigenvalue weighted by molar-refractivity contribution is 0.1000. The molecule has 0 saturated heterocycles. The number of ketones is 1. The van der Waals surface area contributed by atoms with Crippen molar-refractivity contribution in [3.8, 4) is 0 Å². The van der Waals surface area contributed by atoms with Crippen molar-refractivity contribution in [3.63, 3.8) is 0 Å². The van der Waals surface area contributed by atoms with Gasteiger partial charge in [-0.15, -0.1) is 0 Å². The van der Waals surface area contributed by atoms with Gasteiger partial charge in [0.1, 0.15) is 6.54 Å². The second kappa shape index (κ2) is 6.85. The minimum Gasteiger partial charge on any atom is -0.450 e. The first-order valence-electron chi connectivity index (χ1n) is 8.37. The van der Waals surface area contributed by atoms with Crippen LogP contribution < -0.4 is 5.32 Å². The average molecular weight is 383 g/mol. The molecule has 0 spiro atoms. The van der Waals surface area contributed by atoms with Crippen molar-refractivity contribution in [2.75, 3.05) is 18.5 Å². The standard InChI is InChI=1S/C19H15ClN4O3/c1-2-27-19(26)24-18-22-13-7-6-10(8-14(13)23-18)17-16-11(15(25)9-21-17)4-3-5-12(16)20/h3-8H,2,9H2,1H3,(H2,22,23,24,26). The van der Waals surface area contributed by atoms with Gasteiger partial charge >= 0.3 is 6.09 Å². The predicted octanol–water partition coefficient (Wildman–Crippen LogP) is 3.82. The first-order valence-corrected chi connectivity index (χ1v) is 8.75. The van der Waals surface area contributed by atoms with E-state index in [1.165, 1.54) is 0 Å². The number of carbonyl (C=O) groups is 2. The molecule has 1 amide bonds. The number of hydrogen-bond donors (Lipinski definition) is 2. The second-order valence-corrected chi connectivity index (χ2v) is 6.32. The molecule has 0 aliphatic carbocycles. The van der Waals surface area contributed by atoms with Gasteiger partial charge in [0.15, 0.2) is 5.78 Å². The zero-order valence-electron chi connectivity index (χ0n) is 14.4. The number of H-pyrrole nitrogens is 1. The zero-order valence-corrected chi connectivity index (χ0v) is 15.1. The molecule has 0 bridgehead atoms. The Morgan fingerprint density at radius 1 is 1.33 bits per heavy atom. The first-order chi connectivity index (χ1) is 13.1. The van der Waals surface area contributed by atoms with Gasteiger partial charge in [0, 0.05) is 16.7 Å². The quantitative estimate of drug-likeness (QED) is 0.719. The summed E-state index contributed by atoms with van der Waals surface area (Å²) in [7, 11) is 0. The monoisotopic (exact) mass is 382 g/mol. The number of nitrogens with zero attached hydrogens (tertiary/aromatic N) is 2. The Labute approximate surface area is 159 Å². The van der Waals surface area contributed by atoms with Crippen LogP contribution in [0, 0.1) is 0 Å². The molecule has 2 N–H and O–H groups in total. The third kappa shape index (κ3) is 3.17. The highest BCUT2D eigenvalue weighted by Crippen LogP contribution is 2.28. The van der Waals surface area contributed by atoms with Gasteiger partial charge in [0.2, 0.25) is 5.95 Å². The van der Waals surface area contributed by atoms with Gasteiger partial charge < -0.3 is 9.72 Å². The highest BCUT2D eigenvalue weighted by atomic mass is 35.5. The smallest absolute Gasteiger partial charge is 0.413 e. The summed E-state index contributed by atoms with van der Waals surface area (Å²) in [5.74, 6) is 0.236. The van der Waals surface area contributed by atoms with Gasteiger partial charge in [0.05, 0.1) is 28.4 Å². The van der Waals surface area contributed by atoms with Crippen molar-refractivity contribution in [2.45, 2.75) is 6.92 Å². The number of anilines is 1. The van der Waals surface area contributed by atoms with Crippen LogP contribution >= 0.6 is 11.6 Å². The van der Waals surface area contributed by atoms with Gasteiger partial charge in [-0.05, 0) is 25.1 Å². The molecule has 2 heterocycles. The first kappa shape index (κ1) is 17.2. The van der Waals surface area contributed by atoms with Crippen molar-refractivity contribution in [1.82, 2.24) is 9.97 Å². The molecule has 0 unspecified atom stereocenters. The SMILES string of the molecule is CCOC(=O)Nc1nc2ccc(C3=NCC(=O)c4cccc(Cl)c43)cc2[nH]1. The number of aromatic nitrogens is 2. The number of amides is 1. The van der Waals surface area contributed by atoms with E-state index in [0.717, 1.165) is 5.56 Å². The predicted molar refractivity (Wildman–Crippen MR) is 103 cm³/mol. The molecule has 0 fully saturated rings. The molecule has 2 aromatic carbocycles. The third-order valence-electron chi connectivity index (χ3n) is 4.18. The van der Waals surface area contributed by atoms with Gasteiger partial charge in [0.25, 0.3) is 0 Å². The summed E-state index contributed by atoms with van der Waals surface area (Å²) >= 11 is 6.35. The fraction of sp³-hybridized carbons (Fsp3) is 0.158. The zero-order chi connectivity index (χ0) is 19.0. The van der Waals surface area contributed by atoms with Gasteiger partial charge in [-0.2, -0.15) is 0 Å². The Bertz CT molecular complexity index is 1100. The molecule has 1 aliphatic rings. The summed E-state index contributed by atoms with van der Waals surface area (Å²) in [6.45, 7) is 2.08. The number of hydrogen-bond acceptors (Lipinski definition) is 5. The number of aliphatic imine (C=N–C) groups is 1. The average Bonchev–Trinajstić information content (AvgIpc) is 3.04. The van der Waals surface area contributed by atoms with Gasteiger partial charge in [-0.3, -0.25) is 15.1 Å². The van der Waals surface area contributed by atoms with E-state index in [-0.39, 0.29) is 18.9 Å². The van der Waals surface area contributed by atoms with E-state index in [0.29, 0.717) is 38.8 Å². The third-order valence-corrected chi connectivity index (χ3v) is 4.50. The highest BCUT2D eigenvalue weighted by Gasteiger charge is 2.24. The van der Waals surface area contributed by atoms with Crippen molar-refractivity contribution in [2.24, 2.45) is 4.99 Å². The summed E-state index contributed by atoms with van der Waals surface area (Å²) < 4.78 is 4.85. The van der Waals surface area contributed by atoms with E-state index in [1.807, 2.05) is 18.2 Å².